The number of likely N-dealkylation sites (tertiary alicyclic amines) is 1. The first-order valence-electron chi connectivity index (χ1n) is 10.00. The van der Waals surface area contributed by atoms with Crippen LogP contribution in [0.1, 0.15) is 29.5 Å². The molecule has 0 bridgehead atoms. The fourth-order valence-electron chi connectivity index (χ4n) is 3.60. The lowest BCUT2D eigenvalue weighted by molar-refractivity contribution is -0.142. The molecule has 3 rings (SSSR count). The minimum atomic E-state index is -1.11. The van der Waals surface area contributed by atoms with Crippen LogP contribution in [0.25, 0.3) is 0 Å². The van der Waals surface area contributed by atoms with Crippen molar-refractivity contribution >= 4 is 18.0 Å². The normalized spacial score (nSPS) is 16.7. The van der Waals surface area contributed by atoms with E-state index in [1.54, 1.807) is 0 Å². The summed E-state index contributed by atoms with van der Waals surface area (Å²) in [5.74, 6) is -1.58. The predicted octanol–water partition coefficient (Wildman–Crippen LogP) is 2.91. The second-order valence-electron chi connectivity index (χ2n) is 7.48. The molecule has 0 unspecified atom stereocenters. The molecule has 1 aliphatic heterocycles. The molecule has 1 aliphatic rings. The molecule has 2 amide bonds. The van der Waals surface area contributed by atoms with E-state index in [2.05, 4.69) is 5.32 Å². The highest BCUT2D eigenvalue weighted by Gasteiger charge is 2.36. The van der Waals surface area contributed by atoms with Gasteiger partial charge in [-0.25, -0.2) is 9.59 Å². The molecule has 7 nitrogen and oxygen atoms in total. The van der Waals surface area contributed by atoms with Gasteiger partial charge >= 0.3 is 12.1 Å². The first kappa shape index (κ1) is 21.4. The summed E-state index contributed by atoms with van der Waals surface area (Å²) in [4.78, 5) is 38.3. The van der Waals surface area contributed by atoms with E-state index >= 15 is 0 Å². The van der Waals surface area contributed by atoms with E-state index < -0.39 is 30.1 Å². The Morgan fingerprint density at radius 3 is 2.57 bits per heavy atom. The molecule has 0 saturated carbocycles. The third-order valence-corrected chi connectivity index (χ3v) is 5.13. The zero-order valence-corrected chi connectivity index (χ0v) is 16.9. The molecule has 2 N–H and O–H groups in total. The van der Waals surface area contributed by atoms with Crippen molar-refractivity contribution < 1.29 is 24.2 Å². The van der Waals surface area contributed by atoms with Crippen LogP contribution in [0.2, 0.25) is 0 Å². The number of rotatable bonds is 7. The molecule has 30 heavy (non-hydrogen) atoms. The number of carboxylic acid groups (broad SMARTS) is 1. The van der Waals surface area contributed by atoms with Crippen molar-refractivity contribution in [2.45, 2.75) is 44.9 Å². The van der Waals surface area contributed by atoms with Gasteiger partial charge in [-0.05, 0) is 30.9 Å². The number of nitrogens with zero attached hydrogens (tertiary/aromatic N) is 1. The highest BCUT2D eigenvalue weighted by molar-refractivity contribution is 5.89. The van der Waals surface area contributed by atoms with E-state index in [-0.39, 0.29) is 13.0 Å². The number of hydrogen-bond donors (Lipinski definition) is 2. The van der Waals surface area contributed by atoms with Crippen molar-refractivity contribution in [2.24, 2.45) is 0 Å². The first-order valence-corrected chi connectivity index (χ1v) is 10.00. The van der Waals surface area contributed by atoms with Crippen molar-refractivity contribution in [3.63, 3.8) is 0 Å². The summed E-state index contributed by atoms with van der Waals surface area (Å²) in [5.41, 5.74) is 2.70. The molecule has 0 aliphatic carbocycles. The minimum Gasteiger partial charge on any atom is -0.480 e. The highest BCUT2D eigenvalue weighted by atomic mass is 16.6. The van der Waals surface area contributed by atoms with Crippen LogP contribution < -0.4 is 5.32 Å². The Hall–Kier alpha value is -3.35. The van der Waals surface area contributed by atoms with Gasteiger partial charge in [0.05, 0.1) is 0 Å². The number of carbonyl (C=O) groups excluding carboxylic acids is 2. The molecular weight excluding hydrogens is 384 g/mol. The summed E-state index contributed by atoms with van der Waals surface area (Å²) in [6, 6.07) is 15.0. The number of aryl methyl sites for hydroxylation is 1. The van der Waals surface area contributed by atoms with Gasteiger partial charge in [-0.1, -0.05) is 60.2 Å². The molecule has 2 aromatic rings. The van der Waals surface area contributed by atoms with Crippen LogP contribution >= 0.6 is 0 Å². The van der Waals surface area contributed by atoms with Gasteiger partial charge in [0, 0.05) is 13.0 Å². The van der Waals surface area contributed by atoms with Crippen LogP contribution in [0.5, 0.6) is 0 Å². The minimum absolute atomic E-state index is 0.121. The van der Waals surface area contributed by atoms with Crippen molar-refractivity contribution in [3.05, 3.63) is 71.3 Å². The van der Waals surface area contributed by atoms with E-state index in [1.165, 1.54) is 4.90 Å². The summed E-state index contributed by atoms with van der Waals surface area (Å²) >= 11 is 0. The maximum absolute atomic E-state index is 12.8. The Bertz CT molecular complexity index is 899. The second kappa shape index (κ2) is 9.91. The highest BCUT2D eigenvalue weighted by Crippen LogP contribution is 2.19. The lowest BCUT2D eigenvalue weighted by Crippen LogP contribution is -2.51. The molecular formula is C23H26N2O5. The van der Waals surface area contributed by atoms with Gasteiger partial charge in [0.15, 0.2) is 0 Å². The van der Waals surface area contributed by atoms with Crippen molar-refractivity contribution in [3.8, 4) is 0 Å². The fourth-order valence-corrected chi connectivity index (χ4v) is 3.60. The van der Waals surface area contributed by atoms with E-state index in [0.29, 0.717) is 19.4 Å². The van der Waals surface area contributed by atoms with Gasteiger partial charge < -0.3 is 15.2 Å². The average molecular weight is 410 g/mol. The van der Waals surface area contributed by atoms with Gasteiger partial charge in [-0.2, -0.15) is 0 Å². The largest absolute Gasteiger partial charge is 0.480 e. The quantitative estimate of drug-likeness (QED) is 0.732. The van der Waals surface area contributed by atoms with Crippen LogP contribution in [0, 0.1) is 6.92 Å². The predicted molar refractivity (Wildman–Crippen MR) is 111 cm³/mol. The average Bonchev–Trinajstić information content (AvgIpc) is 3.22. The van der Waals surface area contributed by atoms with Gasteiger partial charge in [0.2, 0.25) is 5.91 Å². The van der Waals surface area contributed by atoms with Crippen LogP contribution in [0.15, 0.2) is 54.6 Å². The van der Waals surface area contributed by atoms with Gasteiger partial charge in [0.25, 0.3) is 0 Å². The zero-order chi connectivity index (χ0) is 21.5. The van der Waals surface area contributed by atoms with Crippen molar-refractivity contribution in [1.82, 2.24) is 10.2 Å². The Labute approximate surface area is 175 Å². The maximum Gasteiger partial charge on any atom is 0.410 e. The smallest absolute Gasteiger partial charge is 0.410 e. The van der Waals surface area contributed by atoms with Gasteiger partial charge in [-0.3, -0.25) is 9.69 Å². The lowest BCUT2D eigenvalue weighted by atomic mass is 10.0. The number of carboxylic acids is 1. The summed E-state index contributed by atoms with van der Waals surface area (Å²) in [7, 11) is 0. The second-order valence-corrected chi connectivity index (χ2v) is 7.48. The lowest BCUT2D eigenvalue weighted by Gasteiger charge is -2.25. The standard InChI is InChI=1S/C23H26N2O5/c1-16-7-5-10-18(13-16)14-19(22(27)28)24-21(26)20-11-6-12-25(20)23(29)30-15-17-8-3-2-4-9-17/h2-5,7-10,13,19-20H,6,11-12,14-15H2,1H3,(H,24,26)(H,27,28)/t19-,20+/m0/s1. The number of hydrogen-bond acceptors (Lipinski definition) is 4. The third-order valence-electron chi connectivity index (χ3n) is 5.13. The first-order chi connectivity index (χ1) is 14.4. The Morgan fingerprint density at radius 2 is 1.87 bits per heavy atom. The Morgan fingerprint density at radius 1 is 1.13 bits per heavy atom. The monoisotopic (exact) mass is 410 g/mol. The summed E-state index contributed by atoms with van der Waals surface area (Å²) < 4.78 is 5.34. The van der Waals surface area contributed by atoms with Crippen LogP contribution in [0.3, 0.4) is 0 Å². The number of nitrogens with one attached hydrogen (secondary N) is 1. The van der Waals surface area contributed by atoms with Crippen molar-refractivity contribution in [1.29, 1.82) is 0 Å². The molecule has 0 spiro atoms. The summed E-state index contributed by atoms with van der Waals surface area (Å²) in [6.45, 7) is 2.45. The summed E-state index contributed by atoms with van der Waals surface area (Å²) in [5, 5.41) is 12.2. The van der Waals surface area contributed by atoms with Crippen molar-refractivity contribution in [2.75, 3.05) is 6.54 Å². The SMILES string of the molecule is Cc1cccc(C[C@H](NC(=O)[C@H]2CCCN2C(=O)OCc2ccccc2)C(=O)O)c1. The van der Waals surface area contributed by atoms with E-state index in [0.717, 1.165) is 16.7 Å². The van der Waals surface area contributed by atoms with E-state index in [1.807, 2.05) is 61.5 Å². The molecule has 0 aromatic heterocycles. The summed E-state index contributed by atoms with van der Waals surface area (Å²) in [6.07, 6.45) is 0.743. The van der Waals surface area contributed by atoms with Gasteiger partial charge in [0.1, 0.15) is 18.7 Å². The van der Waals surface area contributed by atoms with Gasteiger partial charge in [-0.15, -0.1) is 0 Å². The Kier molecular flexibility index (Phi) is 7.06. The van der Waals surface area contributed by atoms with Crippen LogP contribution in [-0.4, -0.2) is 46.6 Å². The topological polar surface area (TPSA) is 95.9 Å². The molecule has 1 fully saturated rings. The van der Waals surface area contributed by atoms with E-state index in [9.17, 15) is 19.5 Å². The number of amides is 2. The molecule has 158 valence electrons. The van der Waals surface area contributed by atoms with Crippen LogP contribution in [-0.2, 0) is 27.4 Å². The number of benzene rings is 2. The number of carbonyl (C=O) groups is 3. The third kappa shape index (κ3) is 5.59. The molecule has 2 aromatic carbocycles. The van der Waals surface area contributed by atoms with E-state index in [4.69, 9.17) is 4.74 Å². The molecule has 0 radical (unpaired) electrons. The Balaban J connectivity index is 1.60. The molecule has 1 heterocycles. The fraction of sp³-hybridized carbons (Fsp3) is 0.348. The number of ether oxygens (including phenoxy) is 1. The zero-order valence-electron chi connectivity index (χ0n) is 16.9. The molecule has 2 atom stereocenters. The molecule has 1 saturated heterocycles. The van der Waals surface area contributed by atoms with Crippen LogP contribution in [0.4, 0.5) is 4.79 Å². The number of aliphatic carboxylic acids is 1. The maximum atomic E-state index is 12.8. The molecule has 7 heteroatoms.